The van der Waals surface area contributed by atoms with Crippen LogP contribution in [0.1, 0.15) is 55.4 Å². The summed E-state index contributed by atoms with van der Waals surface area (Å²) in [6, 6.07) is 12.0. The molecule has 2 fully saturated rings. The fraction of sp³-hybridized carbons (Fsp3) is 0.481. The van der Waals surface area contributed by atoms with Gasteiger partial charge in [0.15, 0.2) is 0 Å². The first-order valence-electron chi connectivity index (χ1n) is 12.6. The highest BCUT2D eigenvalue weighted by atomic mass is 16.5. The van der Waals surface area contributed by atoms with Gasteiger partial charge in [-0.25, -0.2) is 0 Å². The van der Waals surface area contributed by atoms with Crippen LogP contribution in [0.5, 0.6) is 5.75 Å². The Morgan fingerprint density at radius 1 is 1.06 bits per heavy atom. The first-order chi connectivity index (χ1) is 16.6. The van der Waals surface area contributed by atoms with Gasteiger partial charge in [-0.2, -0.15) is 5.10 Å². The number of rotatable bonds is 1. The number of hydrogen-bond acceptors (Lipinski definition) is 5. The van der Waals surface area contributed by atoms with E-state index < -0.39 is 0 Å². The lowest BCUT2D eigenvalue weighted by Crippen LogP contribution is -2.26. The molecule has 1 N–H and O–H groups in total. The van der Waals surface area contributed by atoms with E-state index >= 15 is 0 Å². The van der Waals surface area contributed by atoms with Crippen LogP contribution in [0.25, 0.3) is 10.9 Å². The maximum Gasteiger partial charge on any atom is 0.255 e. The highest BCUT2D eigenvalue weighted by Gasteiger charge is 2.27. The van der Waals surface area contributed by atoms with Crippen molar-refractivity contribution in [3.63, 3.8) is 0 Å². The Morgan fingerprint density at radius 2 is 1.94 bits per heavy atom. The molecule has 0 unspecified atom stereocenters. The number of ether oxygens (including phenoxy) is 2. The van der Waals surface area contributed by atoms with Crippen molar-refractivity contribution in [3.8, 4) is 5.75 Å². The van der Waals surface area contributed by atoms with Crippen molar-refractivity contribution in [1.82, 2.24) is 9.78 Å². The molecule has 34 heavy (non-hydrogen) atoms. The highest BCUT2D eigenvalue weighted by molar-refractivity contribution is 6.07. The highest BCUT2D eigenvalue weighted by Crippen LogP contribution is 2.37. The minimum atomic E-state index is -0.135. The third kappa shape index (κ3) is 4.25. The van der Waals surface area contributed by atoms with E-state index in [9.17, 15) is 4.79 Å². The molecule has 7 heteroatoms. The molecule has 1 aliphatic carbocycles. The first-order valence-corrected chi connectivity index (χ1v) is 12.6. The lowest BCUT2D eigenvalue weighted by Gasteiger charge is -2.26. The summed E-state index contributed by atoms with van der Waals surface area (Å²) >= 11 is 0. The van der Waals surface area contributed by atoms with E-state index in [1.54, 1.807) is 6.07 Å². The van der Waals surface area contributed by atoms with Gasteiger partial charge in [0.2, 0.25) is 0 Å². The summed E-state index contributed by atoms with van der Waals surface area (Å²) < 4.78 is 14.1. The average Bonchev–Trinajstić information content (AvgIpc) is 3.48. The van der Waals surface area contributed by atoms with Gasteiger partial charge in [0.05, 0.1) is 35.6 Å². The minimum absolute atomic E-state index is 0.135. The van der Waals surface area contributed by atoms with E-state index in [0.29, 0.717) is 30.6 Å². The van der Waals surface area contributed by atoms with Gasteiger partial charge in [-0.15, -0.1) is 0 Å². The zero-order chi connectivity index (χ0) is 23.1. The average molecular weight is 461 g/mol. The molecule has 6 rings (SSSR count). The molecule has 7 nitrogen and oxygen atoms in total. The molecule has 0 radical (unpaired) electrons. The summed E-state index contributed by atoms with van der Waals surface area (Å²) in [6.07, 6.45) is 8.12. The molecule has 2 aromatic carbocycles. The number of nitrogens with zero attached hydrogens (tertiary/aromatic N) is 3. The molecule has 1 atom stereocenters. The monoisotopic (exact) mass is 460 g/mol. The van der Waals surface area contributed by atoms with Gasteiger partial charge in [-0.05, 0) is 68.4 Å². The summed E-state index contributed by atoms with van der Waals surface area (Å²) in [5.41, 5.74) is 3.39. The zero-order valence-corrected chi connectivity index (χ0v) is 19.7. The Bertz CT molecular complexity index is 1200. The molecule has 0 spiro atoms. The molecule has 1 saturated carbocycles. The lowest BCUT2D eigenvalue weighted by atomic mass is 9.87. The van der Waals surface area contributed by atoms with Crippen LogP contribution in [0.2, 0.25) is 0 Å². The van der Waals surface area contributed by atoms with Gasteiger partial charge in [0.1, 0.15) is 12.4 Å². The summed E-state index contributed by atoms with van der Waals surface area (Å²) in [4.78, 5) is 15.5. The summed E-state index contributed by atoms with van der Waals surface area (Å²) in [6.45, 7) is 5.02. The van der Waals surface area contributed by atoms with Crippen molar-refractivity contribution >= 4 is 28.2 Å². The summed E-state index contributed by atoms with van der Waals surface area (Å²) in [5, 5.41) is 9.21. The number of anilines is 2. The van der Waals surface area contributed by atoms with Gasteiger partial charge in [0, 0.05) is 30.2 Å². The molecule has 1 saturated heterocycles. The van der Waals surface area contributed by atoms with Crippen LogP contribution >= 0.6 is 0 Å². The molecule has 1 aromatic heterocycles. The molecule has 2 aliphatic heterocycles. The largest absolute Gasteiger partial charge is 0.491 e. The van der Waals surface area contributed by atoms with Crippen molar-refractivity contribution in [2.75, 3.05) is 36.5 Å². The van der Waals surface area contributed by atoms with E-state index in [1.165, 1.54) is 25.7 Å². The topological polar surface area (TPSA) is 68.6 Å². The summed E-state index contributed by atoms with van der Waals surface area (Å²) in [5.74, 6) is 1.35. The normalized spacial score (nSPS) is 25.4. The van der Waals surface area contributed by atoms with Crippen LogP contribution in [-0.2, 0) is 4.74 Å². The fourth-order valence-electron chi connectivity index (χ4n) is 5.51. The Balaban J connectivity index is 1.38. The quantitative estimate of drug-likeness (QED) is 0.552. The Labute approximate surface area is 200 Å². The number of carbonyl (C=O) groups excluding carboxylic acids is 1. The minimum Gasteiger partial charge on any atom is -0.491 e. The lowest BCUT2D eigenvalue weighted by molar-refractivity contribution is 0.0465. The van der Waals surface area contributed by atoms with Gasteiger partial charge in [-0.3, -0.25) is 9.48 Å². The van der Waals surface area contributed by atoms with E-state index in [-0.39, 0.29) is 12.0 Å². The van der Waals surface area contributed by atoms with Gasteiger partial charge < -0.3 is 19.7 Å². The Kier molecular flexibility index (Phi) is 5.65. The molecule has 3 aromatic rings. The standard InChI is InChI=1S/C27H32N4O3/c1-18-5-7-21(8-6-18)31-16-20-14-25-26(15-24(20)29-31)30-10-9-23(17-30)34-12-11-33-22-4-2-3-19(13-22)27(32)28-25/h2-4,13-16,18,21,23H,5-12,17H2,1H3,(H,28,32)/t18?,21?,23-/m0/s1. The number of benzene rings is 2. The first kappa shape index (κ1) is 21.5. The second-order valence-electron chi connectivity index (χ2n) is 10.0. The molecule has 4 bridgehead atoms. The smallest absolute Gasteiger partial charge is 0.255 e. The van der Waals surface area contributed by atoms with Gasteiger partial charge >= 0.3 is 0 Å². The number of hydrogen-bond donors (Lipinski definition) is 1. The number of nitrogens with one attached hydrogen (secondary N) is 1. The van der Waals surface area contributed by atoms with Crippen molar-refractivity contribution in [2.45, 2.75) is 51.2 Å². The van der Waals surface area contributed by atoms with Crippen LogP contribution < -0.4 is 15.0 Å². The van der Waals surface area contributed by atoms with Crippen molar-refractivity contribution in [3.05, 3.63) is 48.2 Å². The number of fused-ring (bicyclic) bond motifs is 7. The number of aromatic nitrogens is 2. The predicted octanol–water partition coefficient (Wildman–Crippen LogP) is 5.03. The maximum absolute atomic E-state index is 13.2. The second-order valence-corrected chi connectivity index (χ2v) is 10.0. The third-order valence-electron chi connectivity index (χ3n) is 7.53. The van der Waals surface area contributed by atoms with E-state index in [4.69, 9.17) is 14.6 Å². The van der Waals surface area contributed by atoms with E-state index in [1.807, 2.05) is 18.2 Å². The van der Waals surface area contributed by atoms with Crippen LogP contribution in [-0.4, -0.2) is 48.1 Å². The zero-order valence-electron chi connectivity index (χ0n) is 19.7. The molecule has 3 aliphatic rings. The predicted molar refractivity (Wildman–Crippen MR) is 133 cm³/mol. The Hall–Kier alpha value is -3.06. The fourth-order valence-corrected chi connectivity index (χ4v) is 5.51. The van der Waals surface area contributed by atoms with Crippen LogP contribution in [0, 0.1) is 5.92 Å². The molecular weight excluding hydrogens is 428 g/mol. The van der Waals surface area contributed by atoms with Crippen LogP contribution in [0.3, 0.4) is 0 Å². The van der Waals surface area contributed by atoms with Crippen molar-refractivity contribution < 1.29 is 14.3 Å². The molecular formula is C27H32N4O3. The maximum atomic E-state index is 13.2. The molecule has 178 valence electrons. The van der Waals surface area contributed by atoms with Gasteiger partial charge in [0.25, 0.3) is 5.91 Å². The van der Waals surface area contributed by atoms with E-state index in [2.05, 4.69) is 40.2 Å². The van der Waals surface area contributed by atoms with Crippen molar-refractivity contribution in [1.29, 1.82) is 0 Å². The van der Waals surface area contributed by atoms with Gasteiger partial charge in [-0.1, -0.05) is 13.0 Å². The van der Waals surface area contributed by atoms with Crippen molar-refractivity contribution in [2.24, 2.45) is 5.92 Å². The third-order valence-corrected chi connectivity index (χ3v) is 7.53. The number of amides is 1. The molecule has 1 amide bonds. The Morgan fingerprint density at radius 3 is 2.82 bits per heavy atom. The second kappa shape index (κ2) is 8.95. The SMILES string of the molecule is CC1CCC(n2cc3cc4c(cc3n2)N2CC[C@@H](C2)OCCOc2cccc(c2)C(=O)N4)CC1. The van der Waals surface area contributed by atoms with Crippen LogP contribution in [0.15, 0.2) is 42.6 Å². The van der Waals surface area contributed by atoms with Crippen LogP contribution in [0.4, 0.5) is 11.4 Å². The molecule has 3 heterocycles. The van der Waals surface area contributed by atoms with E-state index in [0.717, 1.165) is 47.7 Å². The summed E-state index contributed by atoms with van der Waals surface area (Å²) in [7, 11) is 0. The number of carbonyl (C=O) groups is 1.